The summed E-state index contributed by atoms with van der Waals surface area (Å²) in [5.41, 5.74) is 6.37. The second-order valence-electron chi connectivity index (χ2n) is 10.4. The summed E-state index contributed by atoms with van der Waals surface area (Å²) in [7, 11) is 0. The second-order valence-corrected chi connectivity index (χ2v) is 10.4. The van der Waals surface area contributed by atoms with Gasteiger partial charge in [-0.25, -0.2) is 12.1 Å². The molecule has 0 fully saturated rings. The standard InChI is InChI=1S/2C17H29.Fe/c1-3-5-7-9-12-16-14-11-15-17(16)13-10-8-6-4-2;1-3-5-7-9-11-16-13-14-17(15-16)12-10-8-6-4-2;/h11,14-15H,3-10,12-13H2,1-2H3;13-15H,3-12H2,1-2H3;/q2*-1;+2. The molecule has 0 saturated carbocycles. The van der Waals surface area contributed by atoms with Crippen LogP contribution in [0.1, 0.15) is 153 Å². The summed E-state index contributed by atoms with van der Waals surface area (Å²) in [5.74, 6) is 0. The first-order chi connectivity index (χ1) is 16.7. The van der Waals surface area contributed by atoms with E-state index in [-0.39, 0.29) is 17.1 Å². The van der Waals surface area contributed by atoms with Gasteiger partial charge < -0.3 is 0 Å². The molecule has 0 aliphatic heterocycles. The average Bonchev–Trinajstić information content (AvgIpc) is 3.50. The third kappa shape index (κ3) is 18.2. The summed E-state index contributed by atoms with van der Waals surface area (Å²) in [6.45, 7) is 9.11. The van der Waals surface area contributed by atoms with Gasteiger partial charge in [0.25, 0.3) is 0 Å². The van der Waals surface area contributed by atoms with E-state index in [0.717, 1.165) is 0 Å². The van der Waals surface area contributed by atoms with Gasteiger partial charge in [-0.3, -0.25) is 0 Å². The first-order valence-corrected chi connectivity index (χ1v) is 15.2. The maximum atomic E-state index is 2.43. The van der Waals surface area contributed by atoms with Crippen LogP contribution in [-0.2, 0) is 42.8 Å². The van der Waals surface area contributed by atoms with Crippen LogP contribution in [0, 0.1) is 0 Å². The van der Waals surface area contributed by atoms with E-state index >= 15 is 0 Å². The minimum atomic E-state index is 0. The fourth-order valence-corrected chi connectivity index (χ4v) is 4.84. The van der Waals surface area contributed by atoms with Gasteiger partial charge in [0.1, 0.15) is 0 Å². The normalized spacial score (nSPS) is 10.6. The van der Waals surface area contributed by atoms with Crippen molar-refractivity contribution < 1.29 is 17.1 Å². The van der Waals surface area contributed by atoms with Gasteiger partial charge in [0, 0.05) is 0 Å². The molecule has 0 N–H and O–H groups in total. The van der Waals surface area contributed by atoms with Gasteiger partial charge >= 0.3 is 17.1 Å². The second kappa shape index (κ2) is 24.9. The molecule has 2 rings (SSSR count). The molecule has 0 heterocycles. The molecular weight excluding hydrogens is 464 g/mol. The van der Waals surface area contributed by atoms with Crippen molar-refractivity contribution in [2.45, 2.75) is 156 Å². The Morgan fingerprint density at radius 3 is 1.63 bits per heavy atom. The molecule has 2 aromatic carbocycles. The fraction of sp³-hybridized carbons (Fsp3) is 0.706. The number of hydrogen-bond acceptors (Lipinski definition) is 0. The predicted octanol–water partition coefficient (Wildman–Crippen LogP) is 11.3. The summed E-state index contributed by atoms with van der Waals surface area (Å²) >= 11 is 0. The number of aryl methyl sites for hydroxylation is 4. The molecule has 0 atom stereocenters. The molecule has 202 valence electrons. The number of rotatable bonds is 20. The van der Waals surface area contributed by atoms with Crippen molar-refractivity contribution in [3.05, 3.63) is 58.7 Å². The van der Waals surface area contributed by atoms with E-state index in [1.165, 1.54) is 128 Å². The first-order valence-electron chi connectivity index (χ1n) is 15.2. The molecule has 0 unspecified atom stereocenters. The van der Waals surface area contributed by atoms with Gasteiger partial charge in [0.15, 0.2) is 0 Å². The Morgan fingerprint density at radius 2 is 1.06 bits per heavy atom. The molecule has 0 saturated heterocycles. The van der Waals surface area contributed by atoms with Gasteiger partial charge in [0.05, 0.1) is 0 Å². The zero-order chi connectivity index (χ0) is 24.7. The zero-order valence-corrected chi connectivity index (χ0v) is 25.1. The molecule has 2 aromatic rings. The van der Waals surface area contributed by atoms with Crippen LogP contribution in [0.4, 0.5) is 0 Å². The molecule has 0 spiro atoms. The van der Waals surface area contributed by atoms with Crippen molar-refractivity contribution in [2.24, 2.45) is 0 Å². The summed E-state index contributed by atoms with van der Waals surface area (Å²) in [4.78, 5) is 0. The maximum absolute atomic E-state index is 2.43. The van der Waals surface area contributed by atoms with Crippen molar-refractivity contribution >= 4 is 0 Å². The van der Waals surface area contributed by atoms with Crippen LogP contribution in [0.3, 0.4) is 0 Å². The predicted molar refractivity (Wildman–Crippen MR) is 155 cm³/mol. The molecule has 0 aliphatic carbocycles. The largest absolute Gasteiger partial charge is 2.00 e. The molecule has 0 radical (unpaired) electrons. The minimum Gasteiger partial charge on any atom is -0.210 e. The van der Waals surface area contributed by atoms with Crippen LogP contribution in [0.25, 0.3) is 0 Å². The number of unbranched alkanes of at least 4 members (excludes halogenated alkanes) is 12. The molecular formula is C34H58Fe. The van der Waals surface area contributed by atoms with Gasteiger partial charge in [0.2, 0.25) is 0 Å². The Balaban J connectivity index is 0.000000642. The minimum absolute atomic E-state index is 0. The third-order valence-corrected chi connectivity index (χ3v) is 7.13. The van der Waals surface area contributed by atoms with Crippen LogP contribution in [0.5, 0.6) is 0 Å². The number of hydrogen-bond donors (Lipinski definition) is 0. The van der Waals surface area contributed by atoms with E-state index in [2.05, 4.69) is 64.1 Å². The Bertz CT molecular complexity index is 609. The molecule has 0 nitrogen and oxygen atoms in total. The molecule has 0 aromatic heterocycles. The van der Waals surface area contributed by atoms with Crippen molar-refractivity contribution in [1.29, 1.82) is 0 Å². The zero-order valence-electron chi connectivity index (χ0n) is 24.0. The third-order valence-electron chi connectivity index (χ3n) is 7.13. The quantitative estimate of drug-likeness (QED) is 0.0921. The summed E-state index contributed by atoms with van der Waals surface area (Å²) in [6.07, 6.45) is 27.2. The van der Waals surface area contributed by atoms with Crippen molar-refractivity contribution in [3.8, 4) is 0 Å². The molecule has 0 amide bonds. The van der Waals surface area contributed by atoms with Crippen LogP contribution >= 0.6 is 0 Å². The summed E-state index contributed by atoms with van der Waals surface area (Å²) in [5, 5.41) is 0. The van der Waals surface area contributed by atoms with Crippen LogP contribution in [0.2, 0.25) is 0 Å². The first kappa shape index (κ1) is 34.2. The molecule has 0 bridgehead atoms. The fourth-order valence-electron chi connectivity index (χ4n) is 4.84. The van der Waals surface area contributed by atoms with E-state index in [0.29, 0.717) is 0 Å². The summed E-state index contributed by atoms with van der Waals surface area (Å²) < 4.78 is 0. The van der Waals surface area contributed by atoms with Gasteiger partial charge in [-0.2, -0.15) is 46.5 Å². The van der Waals surface area contributed by atoms with Crippen molar-refractivity contribution in [1.82, 2.24) is 0 Å². The Labute approximate surface area is 231 Å². The average molecular weight is 523 g/mol. The SMILES string of the molecule is CCCCCCc1c[cH-]c(CCCCCC)c1.CCCCCCc1cc[cH-]c1CCCCCC.[Fe+2]. The molecule has 1 heteroatoms. The van der Waals surface area contributed by atoms with E-state index in [9.17, 15) is 0 Å². The van der Waals surface area contributed by atoms with Crippen molar-refractivity contribution in [2.75, 3.05) is 0 Å². The van der Waals surface area contributed by atoms with Crippen molar-refractivity contribution in [3.63, 3.8) is 0 Å². The molecule has 0 aliphatic rings. The van der Waals surface area contributed by atoms with Crippen LogP contribution in [-0.4, -0.2) is 0 Å². The van der Waals surface area contributed by atoms with Gasteiger partial charge in [-0.15, -0.1) is 0 Å². The van der Waals surface area contributed by atoms with Gasteiger partial charge in [-0.1, -0.05) is 156 Å². The van der Waals surface area contributed by atoms with E-state index in [1.807, 2.05) is 0 Å². The van der Waals surface area contributed by atoms with Crippen LogP contribution < -0.4 is 0 Å². The Kier molecular flexibility index (Phi) is 24.3. The van der Waals surface area contributed by atoms with E-state index in [1.54, 1.807) is 22.3 Å². The topological polar surface area (TPSA) is 0 Å². The van der Waals surface area contributed by atoms with Crippen LogP contribution in [0.15, 0.2) is 36.4 Å². The van der Waals surface area contributed by atoms with Gasteiger partial charge in [-0.05, 0) is 0 Å². The monoisotopic (exact) mass is 522 g/mol. The summed E-state index contributed by atoms with van der Waals surface area (Å²) in [6, 6.07) is 14.0. The molecule has 35 heavy (non-hydrogen) atoms. The van der Waals surface area contributed by atoms with E-state index in [4.69, 9.17) is 0 Å². The van der Waals surface area contributed by atoms with E-state index < -0.39 is 0 Å². The Morgan fingerprint density at radius 1 is 0.543 bits per heavy atom. The Hall–Kier alpha value is -0.781. The maximum Gasteiger partial charge on any atom is 2.00 e. The smallest absolute Gasteiger partial charge is 0.210 e.